The third-order valence-electron chi connectivity index (χ3n) is 2.37. The lowest BCUT2D eigenvalue weighted by atomic mass is 10.0. The summed E-state index contributed by atoms with van der Waals surface area (Å²) in [6.07, 6.45) is 0. The number of Topliss-reactive ketones (excluding diaryl/α,β-unsaturated/α-hetero) is 1. The molecule has 1 rings (SSSR count). The van der Waals surface area contributed by atoms with Gasteiger partial charge in [0.1, 0.15) is 5.11 Å². The fourth-order valence-electron chi connectivity index (χ4n) is 1.31. The molecule has 10 heteroatoms. The number of aliphatic carboxylic acids is 1. The molecule has 9 nitrogen and oxygen atoms in total. The average Bonchev–Trinajstić information content (AvgIpc) is 2.39. The van der Waals surface area contributed by atoms with E-state index in [9.17, 15) is 13.8 Å². The van der Waals surface area contributed by atoms with Crippen LogP contribution in [0.3, 0.4) is 0 Å². The second-order valence-electron chi connectivity index (χ2n) is 3.66. The van der Waals surface area contributed by atoms with Crippen LogP contribution in [0.2, 0.25) is 0 Å². The highest BCUT2D eigenvalue weighted by molar-refractivity contribution is 7.68. The molecule has 108 valence electrons. The van der Waals surface area contributed by atoms with Crippen molar-refractivity contribution < 1.29 is 33.5 Å². The van der Waals surface area contributed by atoms with E-state index in [1.807, 2.05) is 0 Å². The maximum atomic E-state index is 11.5. The molecule has 1 aromatic carbocycles. The Balaban J connectivity index is 3.41. The summed E-state index contributed by atoms with van der Waals surface area (Å²) in [5.41, 5.74) is 1.14. The van der Waals surface area contributed by atoms with Gasteiger partial charge in [0.05, 0.1) is 5.56 Å². The van der Waals surface area contributed by atoms with Gasteiger partial charge in [-0.2, -0.15) is 4.21 Å². The number of thiol groups is 1. The lowest BCUT2D eigenvalue weighted by molar-refractivity contribution is -0.434. The summed E-state index contributed by atoms with van der Waals surface area (Å²) in [4.78, 5) is 22.3. The first-order valence-corrected chi connectivity index (χ1v) is 6.25. The van der Waals surface area contributed by atoms with Crippen LogP contribution >= 0.6 is 0 Å². The quantitative estimate of drug-likeness (QED) is 0.139. The zero-order valence-corrected chi connectivity index (χ0v) is 11.3. The van der Waals surface area contributed by atoms with E-state index in [1.54, 1.807) is 13.8 Å². The summed E-state index contributed by atoms with van der Waals surface area (Å²) in [5, 5.41) is 23.2. The van der Waals surface area contributed by atoms with Crippen LogP contribution in [0.1, 0.15) is 21.5 Å². The fraction of sp³-hybridized carbons (Fsp3) is 0.200. The molecule has 0 fully saturated rings. The van der Waals surface area contributed by atoms with E-state index in [4.69, 9.17) is 10.4 Å². The first kappa shape index (κ1) is 16.0. The Labute approximate surface area is 114 Å². The predicted octanol–water partition coefficient (Wildman–Crippen LogP) is 0.722. The number of carbonyl (C=O) groups excluding carboxylic acids is 1. The van der Waals surface area contributed by atoms with E-state index >= 15 is 0 Å². The topological polar surface area (TPSA) is 137 Å². The van der Waals surface area contributed by atoms with Gasteiger partial charge in [-0.3, -0.25) is 4.79 Å². The number of nitrogens with zero attached hydrogens (tertiary/aromatic N) is 2. The highest BCUT2D eigenvalue weighted by Crippen LogP contribution is 2.23. The Kier molecular flexibility index (Phi) is 5.50. The average molecular weight is 303 g/mol. The lowest BCUT2D eigenvalue weighted by Gasteiger charge is -2.03. The van der Waals surface area contributed by atoms with Crippen LogP contribution in [0, 0.1) is 13.8 Å². The standard InChI is InChI=1S/C10H10N2O7S/c1-5-3-7(9(13)10(14)15)8(4-6(5)2)11-12-20(17)19-18-16/h3-4,20H,1-2H3,(H-,14,15,16)/p+1. The molecule has 0 spiro atoms. The van der Waals surface area contributed by atoms with Gasteiger partial charge in [-0.1, -0.05) is 5.04 Å². The molecule has 1 aromatic rings. The Hall–Kier alpha value is -2.10. The number of rotatable bonds is 5. The predicted molar refractivity (Wildman–Crippen MR) is 66.4 cm³/mol. The van der Waals surface area contributed by atoms with Crippen molar-refractivity contribution >= 4 is 28.3 Å². The van der Waals surface area contributed by atoms with Crippen molar-refractivity contribution in [3.8, 4) is 0 Å². The third-order valence-corrected chi connectivity index (χ3v) is 2.80. The Morgan fingerprint density at radius 2 is 1.90 bits per heavy atom. The van der Waals surface area contributed by atoms with Gasteiger partial charge in [-0.05, 0) is 41.4 Å². The maximum absolute atomic E-state index is 11.5. The van der Waals surface area contributed by atoms with Crippen molar-refractivity contribution in [2.75, 3.05) is 0 Å². The summed E-state index contributed by atoms with van der Waals surface area (Å²) in [5.74, 6) is -2.82. The summed E-state index contributed by atoms with van der Waals surface area (Å²) >= 11 is 0. The summed E-state index contributed by atoms with van der Waals surface area (Å²) < 4.78 is 17.9. The number of ketones is 1. The highest BCUT2D eigenvalue weighted by Gasteiger charge is 2.21. The smallest absolute Gasteiger partial charge is 0.443 e. The number of hydrogen-bond acceptors (Lipinski definition) is 7. The zero-order valence-electron chi connectivity index (χ0n) is 10.4. The minimum atomic E-state index is -2.79. The van der Waals surface area contributed by atoms with Gasteiger partial charge in [0, 0.05) is 0 Å². The summed E-state index contributed by atoms with van der Waals surface area (Å²) in [6.45, 7) is 3.41. The largest absolute Gasteiger partial charge is 0.475 e. The van der Waals surface area contributed by atoms with Gasteiger partial charge in [-0.15, -0.1) is 0 Å². The number of aryl methyl sites for hydroxylation is 2. The summed E-state index contributed by atoms with van der Waals surface area (Å²) in [6, 6.07) is 2.76. The van der Waals surface area contributed by atoms with E-state index in [-0.39, 0.29) is 11.3 Å². The SMILES string of the molecule is Cc1cc(N=[N+]=[SH](=O)OOO)c(C(=O)C(=O)O)cc1C. The molecule has 0 saturated heterocycles. The lowest BCUT2D eigenvalue weighted by Crippen LogP contribution is -2.13. The van der Waals surface area contributed by atoms with Crippen molar-refractivity contribution in [2.45, 2.75) is 13.8 Å². The first-order valence-electron chi connectivity index (χ1n) is 5.12. The Morgan fingerprint density at radius 3 is 2.45 bits per heavy atom. The van der Waals surface area contributed by atoms with Crippen LogP contribution in [-0.2, 0) is 25.0 Å². The second-order valence-corrected chi connectivity index (χ2v) is 4.47. The minimum absolute atomic E-state index is 0.0783. The molecule has 0 amide bonds. The number of hydrogen-bond donors (Lipinski definition) is 3. The molecule has 0 aliphatic rings. The van der Waals surface area contributed by atoms with Crippen molar-refractivity contribution in [3.63, 3.8) is 0 Å². The van der Waals surface area contributed by atoms with Gasteiger partial charge in [-0.25, -0.2) is 10.1 Å². The van der Waals surface area contributed by atoms with Gasteiger partial charge in [0.25, 0.3) is 5.78 Å². The van der Waals surface area contributed by atoms with Crippen molar-refractivity contribution in [1.82, 2.24) is 4.16 Å². The van der Waals surface area contributed by atoms with Gasteiger partial charge >= 0.3 is 16.8 Å². The molecule has 0 saturated carbocycles. The minimum Gasteiger partial charge on any atom is -0.475 e. The van der Waals surface area contributed by atoms with Crippen molar-refractivity contribution in [3.05, 3.63) is 28.8 Å². The van der Waals surface area contributed by atoms with Gasteiger partial charge in [0.2, 0.25) is 0 Å². The number of carboxylic acids is 1. The number of carbonyl (C=O) groups is 2. The molecule has 0 aliphatic carbocycles. The van der Waals surface area contributed by atoms with Crippen LogP contribution in [0.5, 0.6) is 0 Å². The van der Waals surface area contributed by atoms with Crippen LogP contribution in [0.25, 0.3) is 0 Å². The van der Waals surface area contributed by atoms with E-state index in [0.29, 0.717) is 5.56 Å². The Bertz CT molecular complexity index is 672. The Morgan fingerprint density at radius 1 is 1.30 bits per heavy atom. The first-order chi connectivity index (χ1) is 9.36. The van der Waals surface area contributed by atoms with E-state index in [1.165, 1.54) is 12.1 Å². The number of carboxylic acid groups (broad SMARTS) is 1. The van der Waals surface area contributed by atoms with Crippen molar-refractivity contribution in [2.24, 2.45) is 5.11 Å². The maximum Gasteiger partial charge on any atom is 0.443 e. The second kappa shape index (κ2) is 6.89. The molecule has 0 heterocycles. The van der Waals surface area contributed by atoms with Gasteiger partial charge < -0.3 is 5.11 Å². The normalized spacial score (nSPS) is 11.6. The fourth-order valence-corrected chi connectivity index (χ4v) is 1.57. The third kappa shape index (κ3) is 3.95. The molecule has 0 bridgehead atoms. The molecular weight excluding hydrogens is 292 g/mol. The molecule has 0 aliphatic heterocycles. The molecule has 0 aromatic heterocycles. The molecule has 2 N–H and O–H groups in total. The van der Waals surface area contributed by atoms with Gasteiger partial charge in [0.15, 0.2) is 9.85 Å². The van der Waals surface area contributed by atoms with Crippen LogP contribution in [-0.4, -0.2) is 26.3 Å². The van der Waals surface area contributed by atoms with E-state index in [2.05, 4.69) is 18.6 Å². The molecule has 1 atom stereocenters. The van der Waals surface area contributed by atoms with Crippen LogP contribution < -0.4 is 4.16 Å². The van der Waals surface area contributed by atoms with Crippen LogP contribution in [0.4, 0.5) is 5.69 Å². The molecule has 0 radical (unpaired) electrons. The molecule has 1 unspecified atom stereocenters. The van der Waals surface area contributed by atoms with Crippen molar-refractivity contribution in [1.29, 1.82) is 0 Å². The highest BCUT2D eigenvalue weighted by atomic mass is 32.2. The van der Waals surface area contributed by atoms with Crippen LogP contribution in [0.15, 0.2) is 17.2 Å². The molecular formula is C10H11N2O7S+. The van der Waals surface area contributed by atoms with E-state index in [0.717, 1.165) is 5.56 Å². The zero-order chi connectivity index (χ0) is 15.3. The van der Waals surface area contributed by atoms with E-state index < -0.39 is 22.6 Å². The molecule has 20 heavy (non-hydrogen) atoms. The number of benzene rings is 1. The summed E-state index contributed by atoms with van der Waals surface area (Å²) in [7, 11) is -2.79. The monoisotopic (exact) mass is 303 g/mol.